The Balaban J connectivity index is 1.24. The van der Waals surface area contributed by atoms with Gasteiger partial charge in [0.05, 0.1) is 0 Å². The van der Waals surface area contributed by atoms with Crippen molar-refractivity contribution in [3.8, 4) is 5.75 Å². The zero-order valence-electron chi connectivity index (χ0n) is 16.8. The fourth-order valence-corrected chi connectivity index (χ4v) is 3.46. The number of benzene rings is 2. The van der Waals surface area contributed by atoms with Gasteiger partial charge in [-0.2, -0.15) is 0 Å². The average molecular weight is 382 g/mol. The molecule has 0 saturated carbocycles. The number of unbranched alkanes of at least 4 members (excludes halogenated alkanes) is 1. The summed E-state index contributed by atoms with van der Waals surface area (Å²) in [7, 11) is 0. The highest BCUT2D eigenvalue weighted by molar-refractivity contribution is 5.77. The first-order valence-electron chi connectivity index (χ1n) is 10.2. The molecule has 1 N–H and O–H groups in total. The van der Waals surface area contributed by atoms with Crippen molar-refractivity contribution < 1.29 is 9.53 Å². The molecule has 3 rings (SSSR count). The molecule has 0 atom stereocenters. The Bertz CT molecular complexity index is 728. The van der Waals surface area contributed by atoms with Gasteiger partial charge in [-0.25, -0.2) is 0 Å². The summed E-state index contributed by atoms with van der Waals surface area (Å²) < 4.78 is 5.45. The van der Waals surface area contributed by atoms with Crippen molar-refractivity contribution in [1.29, 1.82) is 0 Å². The van der Waals surface area contributed by atoms with Crippen molar-refractivity contribution in [2.45, 2.75) is 19.8 Å². The minimum Gasteiger partial charge on any atom is -0.484 e. The average Bonchev–Trinajstić information content (AvgIpc) is 2.73. The second-order valence-electron chi connectivity index (χ2n) is 7.33. The number of piperazine rings is 1. The van der Waals surface area contributed by atoms with Gasteiger partial charge in [-0.15, -0.1) is 0 Å². The van der Waals surface area contributed by atoms with Crippen LogP contribution in [-0.4, -0.2) is 56.7 Å². The third-order valence-electron chi connectivity index (χ3n) is 5.08. The van der Waals surface area contributed by atoms with Crippen molar-refractivity contribution in [2.24, 2.45) is 0 Å². The number of amides is 1. The van der Waals surface area contributed by atoms with Crippen LogP contribution < -0.4 is 15.0 Å². The lowest BCUT2D eigenvalue weighted by atomic mass is 10.2. The first-order chi connectivity index (χ1) is 13.7. The van der Waals surface area contributed by atoms with Gasteiger partial charge in [0.2, 0.25) is 0 Å². The highest BCUT2D eigenvalue weighted by atomic mass is 16.5. The van der Waals surface area contributed by atoms with Gasteiger partial charge >= 0.3 is 0 Å². The largest absolute Gasteiger partial charge is 0.484 e. The van der Waals surface area contributed by atoms with Crippen LogP contribution in [0.15, 0.2) is 54.6 Å². The molecular formula is C23H31N3O2. The van der Waals surface area contributed by atoms with Crippen molar-refractivity contribution >= 4 is 11.6 Å². The van der Waals surface area contributed by atoms with E-state index in [4.69, 9.17) is 4.74 Å². The second-order valence-corrected chi connectivity index (χ2v) is 7.33. The molecule has 2 aromatic rings. The van der Waals surface area contributed by atoms with E-state index in [-0.39, 0.29) is 12.5 Å². The zero-order chi connectivity index (χ0) is 19.6. The van der Waals surface area contributed by atoms with Gasteiger partial charge in [-0.05, 0) is 56.1 Å². The summed E-state index contributed by atoms with van der Waals surface area (Å²) in [5.74, 6) is 0.665. The Kier molecular flexibility index (Phi) is 7.73. The van der Waals surface area contributed by atoms with E-state index in [0.29, 0.717) is 6.54 Å². The Morgan fingerprint density at radius 2 is 1.79 bits per heavy atom. The number of hydrogen-bond donors (Lipinski definition) is 1. The number of nitrogens with zero attached hydrogens (tertiary/aromatic N) is 2. The van der Waals surface area contributed by atoms with E-state index in [2.05, 4.69) is 46.3 Å². The summed E-state index contributed by atoms with van der Waals surface area (Å²) >= 11 is 0. The first kappa shape index (κ1) is 20.2. The maximum absolute atomic E-state index is 11.8. The summed E-state index contributed by atoms with van der Waals surface area (Å²) in [6.45, 7) is 8.39. The molecule has 1 aliphatic heterocycles. The molecule has 0 aromatic heterocycles. The number of carbonyl (C=O) groups is 1. The third-order valence-corrected chi connectivity index (χ3v) is 5.08. The van der Waals surface area contributed by atoms with E-state index in [1.807, 2.05) is 30.3 Å². The van der Waals surface area contributed by atoms with Crippen LogP contribution in [0.2, 0.25) is 0 Å². The van der Waals surface area contributed by atoms with Gasteiger partial charge in [0.25, 0.3) is 5.91 Å². The van der Waals surface area contributed by atoms with Gasteiger partial charge in [0.1, 0.15) is 5.75 Å². The number of ether oxygens (including phenoxy) is 1. The lowest BCUT2D eigenvalue weighted by molar-refractivity contribution is -0.123. The molecule has 0 spiro atoms. The fourth-order valence-electron chi connectivity index (χ4n) is 3.46. The predicted molar refractivity (Wildman–Crippen MR) is 114 cm³/mol. The van der Waals surface area contributed by atoms with Gasteiger partial charge in [0, 0.05) is 38.4 Å². The molecule has 0 unspecified atom stereocenters. The maximum atomic E-state index is 11.8. The highest BCUT2D eigenvalue weighted by Crippen LogP contribution is 2.17. The molecular weight excluding hydrogens is 350 g/mol. The Morgan fingerprint density at radius 1 is 1.00 bits per heavy atom. The van der Waals surface area contributed by atoms with Crippen LogP contribution in [0, 0.1) is 6.92 Å². The number of anilines is 1. The van der Waals surface area contributed by atoms with Gasteiger partial charge in [-0.3, -0.25) is 9.69 Å². The number of aryl methyl sites for hydroxylation is 1. The normalized spacial score (nSPS) is 14.7. The van der Waals surface area contributed by atoms with E-state index in [9.17, 15) is 4.79 Å². The minimum absolute atomic E-state index is 0.0596. The summed E-state index contributed by atoms with van der Waals surface area (Å²) in [6, 6.07) is 18.2. The summed E-state index contributed by atoms with van der Waals surface area (Å²) in [4.78, 5) is 16.8. The predicted octanol–water partition coefficient (Wildman–Crippen LogP) is 3.09. The Labute approximate surface area is 168 Å². The second kappa shape index (κ2) is 10.7. The molecule has 28 heavy (non-hydrogen) atoms. The van der Waals surface area contributed by atoms with Crippen LogP contribution in [0.4, 0.5) is 5.69 Å². The zero-order valence-corrected chi connectivity index (χ0v) is 16.8. The van der Waals surface area contributed by atoms with Gasteiger partial charge in [-0.1, -0.05) is 30.3 Å². The third kappa shape index (κ3) is 6.57. The number of nitrogens with one attached hydrogen (secondary N) is 1. The summed E-state index contributed by atoms with van der Waals surface area (Å²) in [5, 5.41) is 2.93. The molecule has 150 valence electrons. The van der Waals surface area contributed by atoms with Crippen LogP contribution in [0.1, 0.15) is 18.4 Å². The molecule has 5 nitrogen and oxygen atoms in total. The van der Waals surface area contributed by atoms with Gasteiger partial charge in [0.15, 0.2) is 6.61 Å². The quantitative estimate of drug-likeness (QED) is 0.678. The molecule has 0 radical (unpaired) electrons. The lowest BCUT2D eigenvalue weighted by Gasteiger charge is -2.36. The van der Waals surface area contributed by atoms with E-state index in [1.165, 1.54) is 11.3 Å². The minimum atomic E-state index is -0.0596. The van der Waals surface area contributed by atoms with Crippen LogP contribution in [-0.2, 0) is 4.79 Å². The number of rotatable bonds is 9. The van der Waals surface area contributed by atoms with Gasteiger partial charge < -0.3 is 15.0 Å². The fraction of sp³-hybridized carbons (Fsp3) is 0.435. The van der Waals surface area contributed by atoms with E-state index >= 15 is 0 Å². The lowest BCUT2D eigenvalue weighted by Crippen LogP contribution is -2.46. The molecule has 0 aliphatic carbocycles. The molecule has 1 heterocycles. The van der Waals surface area contributed by atoms with E-state index < -0.39 is 0 Å². The highest BCUT2D eigenvalue weighted by Gasteiger charge is 2.16. The molecule has 1 saturated heterocycles. The first-order valence-corrected chi connectivity index (χ1v) is 10.2. The molecule has 1 amide bonds. The smallest absolute Gasteiger partial charge is 0.257 e. The van der Waals surface area contributed by atoms with E-state index in [0.717, 1.165) is 51.3 Å². The Hall–Kier alpha value is -2.53. The summed E-state index contributed by atoms with van der Waals surface area (Å²) in [6.07, 6.45) is 2.10. The molecule has 0 bridgehead atoms. The standard InChI is InChI=1S/C23H31N3O2/c1-20-8-7-9-21(18-20)26-16-14-25(15-17-26)13-6-5-12-24-23(27)19-28-22-10-3-2-4-11-22/h2-4,7-11,18H,5-6,12-17,19H2,1H3,(H,24,27). The van der Waals surface area contributed by atoms with Crippen LogP contribution in [0.3, 0.4) is 0 Å². The molecule has 1 aliphatic rings. The maximum Gasteiger partial charge on any atom is 0.257 e. The van der Waals surface area contributed by atoms with Crippen molar-refractivity contribution in [1.82, 2.24) is 10.2 Å². The van der Waals surface area contributed by atoms with Crippen LogP contribution in [0.25, 0.3) is 0 Å². The SMILES string of the molecule is Cc1cccc(N2CCN(CCCCNC(=O)COc3ccccc3)CC2)c1. The monoisotopic (exact) mass is 381 g/mol. The Morgan fingerprint density at radius 3 is 2.54 bits per heavy atom. The number of hydrogen-bond acceptors (Lipinski definition) is 4. The topological polar surface area (TPSA) is 44.8 Å². The number of para-hydroxylation sites is 1. The van der Waals surface area contributed by atoms with Crippen LogP contribution >= 0.6 is 0 Å². The van der Waals surface area contributed by atoms with Crippen molar-refractivity contribution in [3.05, 3.63) is 60.2 Å². The van der Waals surface area contributed by atoms with Crippen molar-refractivity contribution in [2.75, 3.05) is 50.8 Å². The molecule has 5 heteroatoms. The van der Waals surface area contributed by atoms with Crippen molar-refractivity contribution in [3.63, 3.8) is 0 Å². The summed E-state index contributed by atoms with van der Waals surface area (Å²) in [5.41, 5.74) is 2.65. The number of carbonyl (C=O) groups excluding carboxylic acids is 1. The van der Waals surface area contributed by atoms with E-state index in [1.54, 1.807) is 0 Å². The molecule has 1 fully saturated rings. The van der Waals surface area contributed by atoms with Crippen LogP contribution in [0.5, 0.6) is 5.75 Å². The molecule has 2 aromatic carbocycles.